The lowest BCUT2D eigenvalue weighted by molar-refractivity contribution is 0.764. The molecule has 0 spiro atoms. The quantitative estimate of drug-likeness (QED) is 0.795. The molecule has 2 aromatic rings. The van der Waals surface area contributed by atoms with E-state index in [1.165, 1.54) is 16.3 Å². The van der Waals surface area contributed by atoms with Gasteiger partial charge in [0.2, 0.25) is 5.95 Å². The van der Waals surface area contributed by atoms with E-state index in [9.17, 15) is 4.79 Å². The highest BCUT2D eigenvalue weighted by atomic mass is 32.2. The molecule has 2 rings (SSSR count). The second-order valence-electron chi connectivity index (χ2n) is 3.68. The average molecular weight is 266 g/mol. The van der Waals surface area contributed by atoms with Crippen molar-refractivity contribution in [1.29, 1.82) is 0 Å². The van der Waals surface area contributed by atoms with E-state index in [2.05, 4.69) is 25.5 Å². The van der Waals surface area contributed by atoms with Crippen molar-refractivity contribution in [3.8, 4) is 0 Å². The number of aromatic nitrogens is 5. The van der Waals surface area contributed by atoms with Crippen LogP contribution in [0.1, 0.15) is 12.5 Å². The Balaban J connectivity index is 2.30. The fourth-order valence-corrected chi connectivity index (χ4v) is 2.11. The molecule has 0 aliphatic carbocycles. The molecule has 0 saturated heterocycles. The Hall–Kier alpha value is -1.83. The molecule has 2 aromatic heterocycles. The summed E-state index contributed by atoms with van der Waals surface area (Å²) in [6.45, 7) is 4.66. The Morgan fingerprint density at radius 1 is 1.56 bits per heavy atom. The van der Waals surface area contributed by atoms with E-state index in [1.807, 2.05) is 13.8 Å². The summed E-state index contributed by atoms with van der Waals surface area (Å²) >= 11 is 1.33. The minimum absolute atomic E-state index is 0.240. The van der Waals surface area contributed by atoms with Gasteiger partial charge in [0.1, 0.15) is 5.03 Å². The Morgan fingerprint density at radius 2 is 2.33 bits per heavy atom. The third-order valence-corrected chi connectivity index (χ3v) is 3.44. The van der Waals surface area contributed by atoms with Gasteiger partial charge in [-0.2, -0.15) is 0 Å². The first-order valence-corrected chi connectivity index (χ1v) is 6.30. The van der Waals surface area contributed by atoms with E-state index in [4.69, 9.17) is 0 Å². The van der Waals surface area contributed by atoms with E-state index in [-0.39, 0.29) is 5.69 Å². The van der Waals surface area contributed by atoms with Crippen molar-refractivity contribution in [3.63, 3.8) is 0 Å². The number of hydrogen-bond donors (Lipinski definition) is 2. The zero-order valence-electron chi connectivity index (χ0n) is 10.4. The van der Waals surface area contributed by atoms with Crippen molar-refractivity contribution in [3.05, 3.63) is 22.2 Å². The molecule has 0 saturated carbocycles. The number of aromatic amines is 1. The van der Waals surface area contributed by atoms with Crippen molar-refractivity contribution in [2.24, 2.45) is 7.05 Å². The van der Waals surface area contributed by atoms with E-state index < -0.39 is 0 Å². The number of rotatable bonds is 4. The van der Waals surface area contributed by atoms with E-state index in [0.29, 0.717) is 11.1 Å². The van der Waals surface area contributed by atoms with Gasteiger partial charge in [0, 0.05) is 25.4 Å². The van der Waals surface area contributed by atoms with Gasteiger partial charge in [-0.1, -0.05) is 0 Å². The van der Waals surface area contributed by atoms with Crippen LogP contribution < -0.4 is 11.0 Å². The summed E-state index contributed by atoms with van der Waals surface area (Å²) in [7, 11) is 1.66. The summed E-state index contributed by atoms with van der Waals surface area (Å²) in [5, 5.41) is 10.7. The molecular weight excluding hydrogens is 252 g/mol. The first-order chi connectivity index (χ1) is 8.61. The molecule has 0 fully saturated rings. The molecule has 96 valence electrons. The number of hydrogen-bond acceptors (Lipinski definition) is 6. The van der Waals surface area contributed by atoms with Gasteiger partial charge in [-0.3, -0.25) is 4.57 Å². The summed E-state index contributed by atoms with van der Waals surface area (Å²) in [4.78, 5) is 19.8. The Kier molecular flexibility index (Phi) is 3.66. The molecule has 8 heteroatoms. The van der Waals surface area contributed by atoms with E-state index in [0.717, 1.165) is 17.1 Å². The molecular formula is C10H14N6OS. The number of aryl methyl sites for hydroxylation is 1. The van der Waals surface area contributed by atoms with Crippen LogP contribution in [-0.4, -0.2) is 31.3 Å². The van der Waals surface area contributed by atoms with Gasteiger partial charge in [-0.25, -0.2) is 19.9 Å². The molecule has 0 amide bonds. The molecule has 2 heterocycles. The van der Waals surface area contributed by atoms with Crippen LogP contribution in [0.3, 0.4) is 0 Å². The molecule has 0 aliphatic heterocycles. The summed E-state index contributed by atoms with van der Waals surface area (Å²) in [6.07, 6.45) is 1.75. The van der Waals surface area contributed by atoms with Gasteiger partial charge in [-0.15, -0.1) is 5.10 Å². The predicted molar refractivity (Wildman–Crippen MR) is 68.9 cm³/mol. The first kappa shape index (κ1) is 12.6. The minimum atomic E-state index is -0.240. The van der Waals surface area contributed by atoms with Crippen molar-refractivity contribution >= 4 is 17.7 Å². The minimum Gasteiger partial charge on any atom is -0.354 e. The van der Waals surface area contributed by atoms with E-state index >= 15 is 0 Å². The molecule has 0 aliphatic rings. The third kappa shape index (κ3) is 2.53. The van der Waals surface area contributed by atoms with E-state index in [1.54, 1.807) is 13.2 Å². The largest absolute Gasteiger partial charge is 0.354 e. The average Bonchev–Trinajstić information content (AvgIpc) is 2.66. The fraction of sp³-hybridized carbons (Fsp3) is 0.400. The van der Waals surface area contributed by atoms with Crippen molar-refractivity contribution in [2.75, 3.05) is 11.9 Å². The lowest BCUT2D eigenvalue weighted by Gasteiger charge is -2.06. The van der Waals surface area contributed by atoms with Gasteiger partial charge >= 0.3 is 5.69 Å². The zero-order chi connectivity index (χ0) is 13.1. The molecule has 0 radical (unpaired) electrons. The molecule has 0 aromatic carbocycles. The van der Waals surface area contributed by atoms with Crippen molar-refractivity contribution in [1.82, 2.24) is 24.7 Å². The summed E-state index contributed by atoms with van der Waals surface area (Å²) < 4.78 is 1.44. The fourth-order valence-electron chi connectivity index (χ4n) is 1.28. The maximum atomic E-state index is 11.3. The predicted octanol–water partition coefficient (Wildman–Crippen LogP) is 0.790. The summed E-state index contributed by atoms with van der Waals surface area (Å²) in [5.74, 6) is 0.575. The van der Waals surface area contributed by atoms with Crippen LogP contribution >= 0.6 is 11.8 Å². The molecule has 0 atom stereocenters. The molecule has 7 nitrogen and oxygen atoms in total. The maximum absolute atomic E-state index is 11.3. The van der Waals surface area contributed by atoms with Crippen LogP contribution in [0.5, 0.6) is 0 Å². The highest BCUT2D eigenvalue weighted by Gasteiger charge is 2.10. The van der Waals surface area contributed by atoms with Gasteiger partial charge in [0.25, 0.3) is 0 Å². The topological polar surface area (TPSA) is 88.5 Å². The number of anilines is 1. The maximum Gasteiger partial charge on any atom is 0.343 e. The summed E-state index contributed by atoms with van der Waals surface area (Å²) in [5.41, 5.74) is 0.702. The Morgan fingerprint density at radius 3 is 2.94 bits per heavy atom. The number of nitrogens with zero attached hydrogens (tertiary/aromatic N) is 4. The van der Waals surface area contributed by atoms with Gasteiger partial charge in [0.05, 0.1) is 0 Å². The SMILES string of the molecule is CCNc1ncc(C)c(Sc2n[nH]c(=O)n2C)n1. The molecule has 2 N–H and O–H groups in total. The van der Waals surface area contributed by atoms with Gasteiger partial charge in [-0.05, 0) is 25.6 Å². The van der Waals surface area contributed by atoms with Crippen LogP contribution in [0.2, 0.25) is 0 Å². The highest BCUT2D eigenvalue weighted by Crippen LogP contribution is 2.26. The second kappa shape index (κ2) is 5.21. The third-order valence-electron chi connectivity index (χ3n) is 2.29. The van der Waals surface area contributed by atoms with Gasteiger partial charge in [0.15, 0.2) is 5.16 Å². The van der Waals surface area contributed by atoms with Crippen LogP contribution in [-0.2, 0) is 7.05 Å². The monoisotopic (exact) mass is 266 g/mol. The zero-order valence-corrected chi connectivity index (χ0v) is 11.2. The van der Waals surface area contributed by atoms with Crippen LogP contribution in [0, 0.1) is 6.92 Å². The normalized spacial score (nSPS) is 10.6. The molecule has 0 bridgehead atoms. The molecule has 18 heavy (non-hydrogen) atoms. The number of H-pyrrole nitrogens is 1. The Bertz CT molecular complexity index is 605. The van der Waals surface area contributed by atoms with Crippen molar-refractivity contribution in [2.45, 2.75) is 24.0 Å². The molecule has 0 unspecified atom stereocenters. The smallest absolute Gasteiger partial charge is 0.343 e. The standard InChI is InChI=1S/C10H14N6OS/c1-4-11-8-12-5-6(2)7(13-8)18-10-15-14-9(17)16(10)3/h5H,4H2,1-3H3,(H,14,17)(H,11,12,13). The Labute approximate surface area is 108 Å². The van der Waals surface area contributed by atoms with Crippen molar-refractivity contribution < 1.29 is 0 Å². The number of nitrogens with one attached hydrogen (secondary N) is 2. The lowest BCUT2D eigenvalue weighted by Crippen LogP contribution is -2.13. The van der Waals surface area contributed by atoms with Crippen LogP contribution in [0.25, 0.3) is 0 Å². The van der Waals surface area contributed by atoms with Gasteiger partial charge < -0.3 is 5.32 Å². The second-order valence-corrected chi connectivity index (χ2v) is 4.64. The van der Waals surface area contributed by atoms with Crippen LogP contribution in [0.15, 0.2) is 21.2 Å². The van der Waals surface area contributed by atoms with Crippen LogP contribution in [0.4, 0.5) is 5.95 Å². The lowest BCUT2D eigenvalue weighted by atomic mass is 10.4. The first-order valence-electron chi connectivity index (χ1n) is 5.48. The summed E-state index contributed by atoms with van der Waals surface area (Å²) in [6, 6.07) is 0. The highest BCUT2D eigenvalue weighted by molar-refractivity contribution is 7.99.